The molecule has 0 fully saturated rings. The molecule has 10 heteroatoms. The minimum absolute atomic E-state index is 0.0180. The highest BCUT2D eigenvalue weighted by Crippen LogP contribution is 2.15. The number of carbonyl (C=O) groups is 1. The maximum atomic E-state index is 12.6. The van der Waals surface area contributed by atoms with Gasteiger partial charge in [0.05, 0.1) is 23.0 Å². The number of rotatable bonds is 10. The molecule has 0 unspecified atom stereocenters. The van der Waals surface area contributed by atoms with Gasteiger partial charge in [-0.25, -0.2) is 8.42 Å². The third-order valence-corrected chi connectivity index (χ3v) is 6.97. The number of esters is 1. The average Bonchev–Trinajstić information content (AvgIpc) is 2.68. The normalized spacial score (nSPS) is 13.0. The van der Waals surface area contributed by atoms with Crippen LogP contribution in [0.4, 0.5) is 0 Å². The molecule has 0 radical (unpaired) electrons. The van der Waals surface area contributed by atoms with Crippen molar-refractivity contribution < 1.29 is 30.6 Å². The lowest BCUT2D eigenvalue weighted by Crippen LogP contribution is -2.42. The quantitative estimate of drug-likeness (QED) is 0.432. The molecule has 0 saturated carbocycles. The predicted octanol–water partition coefficient (Wildman–Crippen LogP) is 2.31. The molecule has 0 saturated heterocycles. The number of carbonyl (C=O) groups excluding carboxylic acids is 1. The summed E-state index contributed by atoms with van der Waals surface area (Å²) in [6.07, 6.45) is -0.227. The summed E-state index contributed by atoms with van der Waals surface area (Å²) in [4.78, 5) is 12.2. The largest absolute Gasteiger partial charge is 0.465 e. The highest BCUT2D eigenvalue weighted by atomic mass is 32.2. The van der Waals surface area contributed by atoms with Crippen LogP contribution in [0.5, 0.6) is 0 Å². The van der Waals surface area contributed by atoms with Gasteiger partial charge >= 0.3 is 5.97 Å². The number of ether oxygens (including phenoxy) is 1. The Morgan fingerprint density at radius 2 is 1.40 bits per heavy atom. The topological polar surface area (TPSA) is 116 Å². The lowest BCUT2D eigenvalue weighted by atomic mass is 10.2. The Morgan fingerprint density at radius 1 is 0.900 bits per heavy atom. The average molecular weight is 456 g/mol. The molecule has 0 aromatic heterocycles. The van der Waals surface area contributed by atoms with Gasteiger partial charge in [-0.1, -0.05) is 35.4 Å². The molecule has 0 spiro atoms. The molecule has 1 atom stereocenters. The second kappa shape index (κ2) is 10.2. The second-order valence-electron chi connectivity index (χ2n) is 6.62. The highest BCUT2D eigenvalue weighted by Gasteiger charge is 2.27. The SMILES string of the molecule is CCOC(=O)[C@H](CCOS(=O)(=O)c1ccc(C)cc1)NS(=O)(=O)c1ccc(C)cc1. The van der Waals surface area contributed by atoms with Gasteiger partial charge in [0.25, 0.3) is 10.1 Å². The summed E-state index contributed by atoms with van der Waals surface area (Å²) in [7, 11) is -8.06. The summed E-state index contributed by atoms with van der Waals surface area (Å²) < 4.78 is 61.9. The molecule has 0 amide bonds. The van der Waals surface area contributed by atoms with Gasteiger partial charge < -0.3 is 4.74 Å². The standard InChI is InChI=1S/C20H25NO7S2/c1-4-27-20(22)19(21-29(23,24)17-9-5-15(2)6-10-17)13-14-28-30(25,26)18-11-7-16(3)8-12-18/h5-12,19,21H,4,13-14H2,1-3H3/t19-/m0/s1. The monoisotopic (exact) mass is 455 g/mol. The van der Waals surface area contributed by atoms with E-state index in [1.165, 1.54) is 24.3 Å². The van der Waals surface area contributed by atoms with Crippen molar-refractivity contribution in [3.8, 4) is 0 Å². The molecule has 2 aromatic rings. The van der Waals surface area contributed by atoms with E-state index in [0.717, 1.165) is 11.1 Å². The van der Waals surface area contributed by atoms with Crippen LogP contribution < -0.4 is 4.72 Å². The Morgan fingerprint density at radius 3 is 1.90 bits per heavy atom. The first-order chi connectivity index (χ1) is 14.0. The van der Waals surface area contributed by atoms with Crippen molar-refractivity contribution in [1.82, 2.24) is 4.72 Å². The van der Waals surface area contributed by atoms with Gasteiger partial charge in [-0.2, -0.15) is 13.1 Å². The smallest absolute Gasteiger partial charge is 0.324 e. The molecule has 0 aliphatic heterocycles. The van der Waals surface area contributed by atoms with Crippen LogP contribution in [0.2, 0.25) is 0 Å². The van der Waals surface area contributed by atoms with Crippen LogP contribution in [-0.4, -0.2) is 42.1 Å². The Kier molecular flexibility index (Phi) is 8.13. The van der Waals surface area contributed by atoms with Crippen molar-refractivity contribution in [3.63, 3.8) is 0 Å². The van der Waals surface area contributed by atoms with E-state index in [9.17, 15) is 21.6 Å². The van der Waals surface area contributed by atoms with Gasteiger partial charge in [0.2, 0.25) is 10.0 Å². The molecule has 164 valence electrons. The Labute approximate surface area is 177 Å². The van der Waals surface area contributed by atoms with Gasteiger partial charge in [-0.3, -0.25) is 8.98 Å². The molecule has 30 heavy (non-hydrogen) atoms. The van der Waals surface area contributed by atoms with Gasteiger partial charge in [0.15, 0.2) is 0 Å². The Bertz CT molecular complexity index is 1060. The maximum Gasteiger partial charge on any atom is 0.324 e. The molecule has 2 rings (SSSR count). The van der Waals surface area contributed by atoms with Crippen molar-refractivity contribution in [2.45, 2.75) is 43.0 Å². The first kappa shape index (κ1) is 24.0. The maximum absolute atomic E-state index is 12.6. The zero-order valence-electron chi connectivity index (χ0n) is 17.0. The molecule has 0 bridgehead atoms. The van der Waals surface area contributed by atoms with E-state index in [2.05, 4.69) is 4.72 Å². The summed E-state index contributed by atoms with van der Waals surface area (Å²) in [5.74, 6) is -0.815. The van der Waals surface area contributed by atoms with Gasteiger partial charge in [-0.15, -0.1) is 0 Å². The first-order valence-corrected chi connectivity index (χ1v) is 12.2. The number of hydrogen-bond acceptors (Lipinski definition) is 7. The molecular formula is C20H25NO7S2. The fraction of sp³-hybridized carbons (Fsp3) is 0.350. The van der Waals surface area contributed by atoms with Crippen LogP contribution in [0.3, 0.4) is 0 Å². The number of sulfonamides is 1. The van der Waals surface area contributed by atoms with Crippen LogP contribution in [0.15, 0.2) is 58.3 Å². The van der Waals surface area contributed by atoms with Gasteiger partial charge in [0.1, 0.15) is 6.04 Å². The zero-order valence-corrected chi connectivity index (χ0v) is 18.6. The van der Waals surface area contributed by atoms with Crippen LogP contribution in [0.25, 0.3) is 0 Å². The predicted molar refractivity (Wildman–Crippen MR) is 111 cm³/mol. The Balaban J connectivity index is 2.10. The fourth-order valence-electron chi connectivity index (χ4n) is 2.49. The van der Waals surface area contributed by atoms with Crippen molar-refractivity contribution in [2.24, 2.45) is 0 Å². The zero-order chi connectivity index (χ0) is 22.4. The van der Waals surface area contributed by atoms with E-state index in [4.69, 9.17) is 8.92 Å². The van der Waals surface area contributed by atoms with E-state index in [1.807, 2.05) is 13.8 Å². The molecule has 0 aliphatic rings. The minimum Gasteiger partial charge on any atom is -0.465 e. The van der Waals surface area contributed by atoms with Crippen LogP contribution in [-0.2, 0) is 33.9 Å². The third kappa shape index (κ3) is 6.63. The van der Waals surface area contributed by atoms with E-state index < -0.39 is 38.8 Å². The molecule has 0 heterocycles. The van der Waals surface area contributed by atoms with E-state index in [1.54, 1.807) is 31.2 Å². The summed E-state index contributed by atoms with van der Waals surface area (Å²) in [5, 5.41) is 0. The van der Waals surface area contributed by atoms with Crippen molar-refractivity contribution >= 4 is 26.1 Å². The molecule has 2 aromatic carbocycles. The number of nitrogens with one attached hydrogen (secondary N) is 1. The Hall–Kier alpha value is -2.27. The lowest BCUT2D eigenvalue weighted by molar-refractivity contribution is -0.145. The van der Waals surface area contributed by atoms with Crippen LogP contribution >= 0.6 is 0 Å². The summed E-state index contributed by atoms with van der Waals surface area (Å²) in [6.45, 7) is 4.86. The highest BCUT2D eigenvalue weighted by molar-refractivity contribution is 7.89. The molecule has 8 nitrogen and oxygen atoms in total. The second-order valence-corrected chi connectivity index (χ2v) is 9.95. The number of aryl methyl sites for hydroxylation is 2. The first-order valence-electron chi connectivity index (χ1n) is 9.27. The van der Waals surface area contributed by atoms with Gasteiger partial charge in [0, 0.05) is 0 Å². The van der Waals surface area contributed by atoms with Crippen molar-refractivity contribution in [2.75, 3.05) is 13.2 Å². The lowest BCUT2D eigenvalue weighted by Gasteiger charge is -2.17. The van der Waals surface area contributed by atoms with Crippen molar-refractivity contribution in [3.05, 3.63) is 59.7 Å². The fourth-order valence-corrected chi connectivity index (χ4v) is 4.63. The minimum atomic E-state index is -4.04. The molecule has 0 aliphatic carbocycles. The van der Waals surface area contributed by atoms with E-state index in [0.29, 0.717) is 0 Å². The molecular weight excluding hydrogens is 430 g/mol. The summed E-state index contributed by atoms with van der Waals surface area (Å²) in [6, 6.07) is 10.9. The van der Waals surface area contributed by atoms with Crippen LogP contribution in [0.1, 0.15) is 24.5 Å². The van der Waals surface area contributed by atoms with Crippen molar-refractivity contribution in [1.29, 1.82) is 0 Å². The van der Waals surface area contributed by atoms with E-state index in [-0.39, 0.29) is 22.8 Å². The molecule has 1 N–H and O–H groups in total. The van der Waals surface area contributed by atoms with Crippen LogP contribution in [0, 0.1) is 13.8 Å². The van der Waals surface area contributed by atoms with E-state index >= 15 is 0 Å². The van der Waals surface area contributed by atoms with Gasteiger partial charge in [-0.05, 0) is 51.5 Å². The summed E-state index contributed by atoms with van der Waals surface area (Å²) >= 11 is 0. The number of hydrogen-bond donors (Lipinski definition) is 1. The number of benzene rings is 2. The third-order valence-electron chi connectivity index (χ3n) is 4.15. The summed E-state index contributed by atoms with van der Waals surface area (Å²) in [5.41, 5.74) is 1.77.